The second-order valence-electron chi connectivity index (χ2n) is 7.30. The molecule has 2 aromatic rings. The number of amides is 2. The lowest BCUT2D eigenvalue weighted by Gasteiger charge is -2.30. The SMILES string of the molecule is CN(Cc1c(C=O)cccc1OCc1ccc(CC=O)cc1)C1CCC(=O)NC1=O. The van der Waals surface area contributed by atoms with E-state index in [2.05, 4.69) is 5.32 Å². The molecule has 156 valence electrons. The first-order valence-electron chi connectivity index (χ1n) is 9.77. The molecule has 0 bridgehead atoms. The fraction of sp³-hybridized carbons (Fsp3) is 0.304. The van der Waals surface area contributed by atoms with Gasteiger partial charge in [0.1, 0.15) is 18.6 Å². The summed E-state index contributed by atoms with van der Waals surface area (Å²) in [6, 6.07) is 12.4. The summed E-state index contributed by atoms with van der Waals surface area (Å²) in [5.74, 6) is -0.0212. The molecule has 1 unspecified atom stereocenters. The van der Waals surface area contributed by atoms with Crippen molar-refractivity contribution in [2.75, 3.05) is 7.05 Å². The zero-order valence-corrected chi connectivity index (χ0v) is 16.8. The number of benzene rings is 2. The fourth-order valence-corrected chi connectivity index (χ4v) is 3.49. The number of aldehydes is 2. The molecule has 2 aromatic carbocycles. The van der Waals surface area contributed by atoms with Gasteiger partial charge in [-0.25, -0.2) is 0 Å². The standard InChI is InChI=1S/C23H24N2O5/c1-25(20-9-10-22(28)24-23(20)29)13-19-18(14-27)3-2-4-21(19)30-15-17-7-5-16(6-8-17)11-12-26/h2-8,12,14,20H,9-11,13,15H2,1H3,(H,24,28,29). The summed E-state index contributed by atoms with van der Waals surface area (Å²) >= 11 is 0. The molecule has 1 aliphatic rings. The third-order valence-electron chi connectivity index (χ3n) is 5.18. The van der Waals surface area contributed by atoms with Crippen molar-refractivity contribution >= 4 is 24.4 Å². The quantitative estimate of drug-likeness (QED) is 0.504. The zero-order chi connectivity index (χ0) is 21.5. The number of carbonyl (C=O) groups excluding carboxylic acids is 4. The van der Waals surface area contributed by atoms with Crippen molar-refractivity contribution in [3.63, 3.8) is 0 Å². The van der Waals surface area contributed by atoms with Gasteiger partial charge in [0.2, 0.25) is 11.8 Å². The van der Waals surface area contributed by atoms with Gasteiger partial charge < -0.3 is 9.53 Å². The molecule has 0 spiro atoms. The Labute approximate surface area is 175 Å². The Morgan fingerprint density at radius 2 is 1.83 bits per heavy atom. The molecule has 30 heavy (non-hydrogen) atoms. The molecule has 7 heteroatoms. The molecule has 3 rings (SSSR count). The molecule has 2 amide bonds. The molecular weight excluding hydrogens is 384 g/mol. The maximum atomic E-state index is 12.2. The number of ether oxygens (including phenoxy) is 1. The monoisotopic (exact) mass is 408 g/mol. The second-order valence-corrected chi connectivity index (χ2v) is 7.30. The van der Waals surface area contributed by atoms with Crippen LogP contribution in [-0.4, -0.2) is 42.4 Å². The molecule has 1 saturated heterocycles. The Kier molecular flexibility index (Phi) is 7.08. The number of nitrogens with zero attached hydrogens (tertiary/aromatic N) is 1. The highest BCUT2D eigenvalue weighted by atomic mass is 16.5. The number of hydrogen-bond acceptors (Lipinski definition) is 6. The predicted octanol–water partition coefficient (Wildman–Crippen LogP) is 2.06. The van der Waals surface area contributed by atoms with Crippen LogP contribution in [0.3, 0.4) is 0 Å². The van der Waals surface area contributed by atoms with Gasteiger partial charge in [0.05, 0.1) is 6.04 Å². The lowest BCUT2D eigenvalue weighted by molar-refractivity contribution is -0.137. The summed E-state index contributed by atoms with van der Waals surface area (Å²) in [5, 5.41) is 2.36. The van der Waals surface area contributed by atoms with Crippen LogP contribution in [0.4, 0.5) is 0 Å². The molecule has 1 atom stereocenters. The van der Waals surface area contributed by atoms with Crippen LogP contribution in [0.1, 0.15) is 39.9 Å². The maximum Gasteiger partial charge on any atom is 0.243 e. The normalized spacial score (nSPS) is 16.3. The number of rotatable bonds is 9. The van der Waals surface area contributed by atoms with Gasteiger partial charge in [-0.3, -0.25) is 24.6 Å². The highest BCUT2D eigenvalue weighted by Gasteiger charge is 2.30. The highest BCUT2D eigenvalue weighted by Crippen LogP contribution is 2.26. The summed E-state index contributed by atoms with van der Waals surface area (Å²) in [5.41, 5.74) is 3.05. The van der Waals surface area contributed by atoms with E-state index in [-0.39, 0.29) is 11.8 Å². The van der Waals surface area contributed by atoms with Crippen molar-refractivity contribution in [2.24, 2.45) is 0 Å². The Balaban J connectivity index is 1.74. The molecule has 0 aromatic heterocycles. The van der Waals surface area contributed by atoms with E-state index in [1.54, 1.807) is 25.2 Å². The van der Waals surface area contributed by atoms with Crippen LogP contribution in [-0.2, 0) is 34.0 Å². The van der Waals surface area contributed by atoms with Gasteiger partial charge in [0.25, 0.3) is 0 Å². The molecule has 1 fully saturated rings. The number of piperidine rings is 1. The highest BCUT2D eigenvalue weighted by molar-refractivity contribution is 6.00. The fourth-order valence-electron chi connectivity index (χ4n) is 3.49. The minimum absolute atomic E-state index is 0.263. The molecule has 0 aliphatic carbocycles. The number of likely N-dealkylation sites (N-methyl/N-ethyl adjacent to an activating group) is 1. The van der Waals surface area contributed by atoms with Crippen molar-refractivity contribution in [3.05, 3.63) is 64.7 Å². The van der Waals surface area contributed by atoms with Crippen LogP contribution in [0.15, 0.2) is 42.5 Å². The minimum atomic E-state index is -0.444. The van der Waals surface area contributed by atoms with Gasteiger partial charge in [-0.1, -0.05) is 36.4 Å². The van der Waals surface area contributed by atoms with Crippen LogP contribution in [0, 0.1) is 0 Å². The second kappa shape index (κ2) is 9.93. The number of hydrogen-bond donors (Lipinski definition) is 1. The van der Waals surface area contributed by atoms with E-state index < -0.39 is 6.04 Å². The summed E-state index contributed by atoms with van der Waals surface area (Å²) < 4.78 is 5.99. The molecular formula is C23H24N2O5. The van der Waals surface area contributed by atoms with E-state index in [1.807, 2.05) is 29.2 Å². The van der Waals surface area contributed by atoms with E-state index >= 15 is 0 Å². The third kappa shape index (κ3) is 5.18. The third-order valence-corrected chi connectivity index (χ3v) is 5.18. The van der Waals surface area contributed by atoms with Gasteiger partial charge in [0, 0.05) is 30.5 Å². The van der Waals surface area contributed by atoms with Crippen molar-refractivity contribution < 1.29 is 23.9 Å². The number of imide groups is 1. The number of carbonyl (C=O) groups is 4. The van der Waals surface area contributed by atoms with Gasteiger partial charge in [0.15, 0.2) is 6.29 Å². The van der Waals surface area contributed by atoms with Gasteiger partial charge in [-0.15, -0.1) is 0 Å². The Morgan fingerprint density at radius 1 is 1.10 bits per heavy atom. The van der Waals surface area contributed by atoms with Crippen molar-refractivity contribution in [1.29, 1.82) is 0 Å². The predicted molar refractivity (Wildman–Crippen MR) is 110 cm³/mol. The molecule has 7 nitrogen and oxygen atoms in total. The molecule has 1 heterocycles. The molecule has 0 radical (unpaired) electrons. The van der Waals surface area contributed by atoms with E-state index in [9.17, 15) is 19.2 Å². The van der Waals surface area contributed by atoms with Gasteiger partial charge in [-0.05, 0) is 30.7 Å². The average Bonchev–Trinajstić information content (AvgIpc) is 2.74. The van der Waals surface area contributed by atoms with E-state index in [1.165, 1.54) is 0 Å². The lowest BCUT2D eigenvalue weighted by Crippen LogP contribution is -2.51. The maximum absolute atomic E-state index is 12.2. The van der Waals surface area contributed by atoms with E-state index in [0.717, 1.165) is 23.7 Å². The van der Waals surface area contributed by atoms with Crippen molar-refractivity contribution in [2.45, 2.75) is 38.5 Å². The molecule has 0 saturated carbocycles. The van der Waals surface area contributed by atoms with Crippen LogP contribution >= 0.6 is 0 Å². The van der Waals surface area contributed by atoms with Crippen LogP contribution < -0.4 is 10.1 Å². The average molecular weight is 408 g/mol. The first kappa shape index (κ1) is 21.4. The largest absolute Gasteiger partial charge is 0.489 e. The van der Waals surface area contributed by atoms with Crippen molar-refractivity contribution in [3.8, 4) is 5.75 Å². The van der Waals surface area contributed by atoms with E-state index in [4.69, 9.17) is 4.74 Å². The van der Waals surface area contributed by atoms with Gasteiger partial charge in [-0.2, -0.15) is 0 Å². The summed E-state index contributed by atoms with van der Waals surface area (Å²) in [6.45, 7) is 0.633. The minimum Gasteiger partial charge on any atom is -0.489 e. The molecule has 1 N–H and O–H groups in total. The van der Waals surface area contributed by atoms with Crippen LogP contribution in [0.2, 0.25) is 0 Å². The number of nitrogens with one attached hydrogen (secondary N) is 1. The summed E-state index contributed by atoms with van der Waals surface area (Å²) in [6.07, 6.45) is 2.74. The Morgan fingerprint density at radius 3 is 2.50 bits per heavy atom. The van der Waals surface area contributed by atoms with Crippen LogP contribution in [0.5, 0.6) is 5.75 Å². The Hall–Kier alpha value is -3.32. The van der Waals surface area contributed by atoms with E-state index in [0.29, 0.717) is 49.3 Å². The van der Waals surface area contributed by atoms with Crippen LogP contribution in [0.25, 0.3) is 0 Å². The topological polar surface area (TPSA) is 92.8 Å². The first-order valence-corrected chi connectivity index (χ1v) is 9.77. The summed E-state index contributed by atoms with van der Waals surface area (Å²) in [4.78, 5) is 47.6. The first-order chi connectivity index (χ1) is 14.5. The van der Waals surface area contributed by atoms with Gasteiger partial charge >= 0.3 is 0 Å². The Bertz CT molecular complexity index is 939. The van der Waals surface area contributed by atoms with Crippen molar-refractivity contribution in [1.82, 2.24) is 10.2 Å². The summed E-state index contributed by atoms with van der Waals surface area (Å²) in [7, 11) is 1.79. The molecule has 1 aliphatic heterocycles. The smallest absolute Gasteiger partial charge is 0.243 e. The lowest BCUT2D eigenvalue weighted by atomic mass is 10.0. The zero-order valence-electron chi connectivity index (χ0n) is 16.8.